The number of methoxy groups -OCH3 is 1. The number of hydrogen-bond donors (Lipinski definition) is 1. The van der Waals surface area contributed by atoms with Crippen LogP contribution in [0.4, 0.5) is 18.9 Å². The van der Waals surface area contributed by atoms with Gasteiger partial charge in [0.15, 0.2) is 5.82 Å². The minimum atomic E-state index is -4.40. The van der Waals surface area contributed by atoms with Crippen LogP contribution in [0.25, 0.3) is 11.5 Å². The lowest BCUT2D eigenvalue weighted by atomic mass is 10.2. The van der Waals surface area contributed by atoms with Crippen LogP contribution in [0.2, 0.25) is 0 Å². The summed E-state index contributed by atoms with van der Waals surface area (Å²) < 4.78 is 50.4. The molecule has 2 rings (SSSR count). The van der Waals surface area contributed by atoms with Crippen molar-refractivity contribution >= 4 is 5.69 Å². The van der Waals surface area contributed by atoms with Gasteiger partial charge in [0.1, 0.15) is 19.0 Å². The molecule has 0 aliphatic carbocycles. The third-order valence-corrected chi connectivity index (χ3v) is 2.42. The summed E-state index contributed by atoms with van der Waals surface area (Å²) in [5.41, 5.74) is 6.60. The Balaban J connectivity index is 2.09. The SMILES string of the molecule is COc1cc(N)ccc1-c1nc(COCC(F)(F)F)no1. The van der Waals surface area contributed by atoms with Crippen molar-refractivity contribution in [3.8, 4) is 17.2 Å². The van der Waals surface area contributed by atoms with E-state index in [1.807, 2.05) is 0 Å². The van der Waals surface area contributed by atoms with Crippen LogP contribution in [0.15, 0.2) is 22.7 Å². The number of halogens is 3. The van der Waals surface area contributed by atoms with E-state index in [1.54, 1.807) is 18.2 Å². The van der Waals surface area contributed by atoms with E-state index in [1.165, 1.54) is 7.11 Å². The van der Waals surface area contributed by atoms with Crippen LogP contribution in [-0.4, -0.2) is 30.0 Å². The van der Waals surface area contributed by atoms with E-state index >= 15 is 0 Å². The highest BCUT2D eigenvalue weighted by Gasteiger charge is 2.27. The van der Waals surface area contributed by atoms with Crippen LogP contribution in [0.5, 0.6) is 5.75 Å². The Labute approximate surface area is 117 Å². The summed E-state index contributed by atoms with van der Waals surface area (Å²) in [6.07, 6.45) is -4.40. The van der Waals surface area contributed by atoms with Gasteiger partial charge in [0.25, 0.3) is 5.89 Å². The molecule has 2 aromatic rings. The van der Waals surface area contributed by atoms with E-state index in [0.717, 1.165) is 0 Å². The Bertz CT molecular complexity index is 613. The van der Waals surface area contributed by atoms with Crippen LogP contribution in [0.1, 0.15) is 5.82 Å². The lowest BCUT2D eigenvalue weighted by molar-refractivity contribution is -0.177. The molecule has 0 saturated carbocycles. The fourth-order valence-corrected chi connectivity index (χ4v) is 1.56. The van der Waals surface area contributed by atoms with Crippen molar-refractivity contribution in [2.45, 2.75) is 12.8 Å². The molecule has 0 unspecified atom stereocenters. The number of nitrogens with two attached hydrogens (primary N) is 1. The molecule has 0 aliphatic rings. The summed E-state index contributed by atoms with van der Waals surface area (Å²) in [7, 11) is 1.45. The van der Waals surface area contributed by atoms with Gasteiger partial charge in [0.2, 0.25) is 0 Å². The Morgan fingerprint density at radius 2 is 2.10 bits per heavy atom. The zero-order chi connectivity index (χ0) is 15.5. The molecule has 1 heterocycles. The monoisotopic (exact) mass is 303 g/mol. The average molecular weight is 303 g/mol. The van der Waals surface area contributed by atoms with Crippen LogP contribution in [-0.2, 0) is 11.3 Å². The molecule has 9 heteroatoms. The first-order valence-electron chi connectivity index (χ1n) is 5.80. The van der Waals surface area contributed by atoms with Crippen LogP contribution in [0.3, 0.4) is 0 Å². The minimum absolute atomic E-state index is 0.00753. The summed E-state index contributed by atoms with van der Waals surface area (Å²) >= 11 is 0. The van der Waals surface area contributed by atoms with Crippen LogP contribution in [0, 0.1) is 0 Å². The number of benzene rings is 1. The molecular weight excluding hydrogens is 291 g/mol. The Morgan fingerprint density at radius 3 is 2.76 bits per heavy atom. The minimum Gasteiger partial charge on any atom is -0.496 e. The smallest absolute Gasteiger partial charge is 0.411 e. The third-order valence-electron chi connectivity index (χ3n) is 2.42. The molecule has 0 saturated heterocycles. The molecule has 0 atom stereocenters. The van der Waals surface area contributed by atoms with Gasteiger partial charge in [-0.2, -0.15) is 18.2 Å². The maximum absolute atomic E-state index is 11.9. The summed E-state index contributed by atoms with van der Waals surface area (Å²) in [6.45, 7) is -1.78. The van der Waals surface area contributed by atoms with E-state index < -0.39 is 19.4 Å². The number of nitrogens with zero attached hydrogens (tertiary/aromatic N) is 2. The highest BCUT2D eigenvalue weighted by molar-refractivity contribution is 5.66. The third kappa shape index (κ3) is 4.09. The first-order chi connectivity index (χ1) is 9.89. The average Bonchev–Trinajstić information content (AvgIpc) is 2.85. The molecule has 0 amide bonds. The van der Waals surface area contributed by atoms with Gasteiger partial charge in [-0.25, -0.2) is 0 Å². The van der Waals surface area contributed by atoms with E-state index in [4.69, 9.17) is 15.0 Å². The lowest BCUT2D eigenvalue weighted by Crippen LogP contribution is -2.16. The van der Waals surface area contributed by atoms with Gasteiger partial charge >= 0.3 is 6.18 Å². The fourth-order valence-electron chi connectivity index (χ4n) is 1.56. The quantitative estimate of drug-likeness (QED) is 0.854. The summed E-state index contributed by atoms with van der Waals surface area (Å²) in [5.74, 6) is 0.534. The van der Waals surface area contributed by atoms with E-state index in [2.05, 4.69) is 14.9 Å². The van der Waals surface area contributed by atoms with Gasteiger partial charge in [0, 0.05) is 11.8 Å². The van der Waals surface area contributed by atoms with Crippen molar-refractivity contribution in [3.05, 3.63) is 24.0 Å². The number of ether oxygens (including phenoxy) is 2. The first-order valence-corrected chi connectivity index (χ1v) is 5.80. The number of nitrogen functional groups attached to an aromatic ring is 1. The van der Waals surface area contributed by atoms with Crippen molar-refractivity contribution in [2.75, 3.05) is 19.5 Å². The number of hydrogen-bond acceptors (Lipinski definition) is 6. The van der Waals surface area contributed by atoms with Gasteiger partial charge in [-0.05, 0) is 12.1 Å². The molecule has 6 nitrogen and oxygen atoms in total. The molecule has 0 aliphatic heterocycles. The maximum Gasteiger partial charge on any atom is 0.411 e. The highest BCUT2D eigenvalue weighted by Crippen LogP contribution is 2.30. The number of aromatic nitrogens is 2. The molecule has 0 fully saturated rings. The molecule has 1 aromatic heterocycles. The fraction of sp³-hybridized carbons (Fsp3) is 0.333. The number of rotatable bonds is 5. The summed E-state index contributed by atoms with van der Waals surface area (Å²) in [5, 5.41) is 3.54. The predicted molar refractivity (Wildman–Crippen MR) is 66.4 cm³/mol. The highest BCUT2D eigenvalue weighted by atomic mass is 19.4. The van der Waals surface area contributed by atoms with Crippen LogP contribution >= 0.6 is 0 Å². The molecule has 2 N–H and O–H groups in total. The van der Waals surface area contributed by atoms with E-state index in [0.29, 0.717) is 17.0 Å². The summed E-state index contributed by atoms with van der Waals surface area (Å²) in [6, 6.07) is 4.79. The molecule has 0 bridgehead atoms. The van der Waals surface area contributed by atoms with Gasteiger partial charge in [-0.3, -0.25) is 0 Å². The largest absolute Gasteiger partial charge is 0.496 e. The number of anilines is 1. The topological polar surface area (TPSA) is 83.4 Å². The second-order valence-corrected chi connectivity index (χ2v) is 4.08. The summed E-state index contributed by atoms with van der Waals surface area (Å²) in [4.78, 5) is 3.95. The predicted octanol–water partition coefficient (Wildman–Crippen LogP) is 2.41. The van der Waals surface area contributed by atoms with Crippen molar-refractivity contribution in [3.63, 3.8) is 0 Å². The second-order valence-electron chi connectivity index (χ2n) is 4.08. The molecule has 0 radical (unpaired) electrons. The van der Waals surface area contributed by atoms with Crippen molar-refractivity contribution in [2.24, 2.45) is 0 Å². The molecule has 114 valence electrons. The molecule has 0 spiro atoms. The second kappa shape index (κ2) is 6.00. The van der Waals surface area contributed by atoms with E-state index in [-0.39, 0.29) is 11.7 Å². The van der Waals surface area contributed by atoms with E-state index in [9.17, 15) is 13.2 Å². The molecule has 21 heavy (non-hydrogen) atoms. The normalized spacial score (nSPS) is 11.6. The molecule has 1 aromatic carbocycles. The van der Waals surface area contributed by atoms with Gasteiger partial charge in [-0.15, -0.1) is 0 Å². The van der Waals surface area contributed by atoms with Crippen molar-refractivity contribution in [1.82, 2.24) is 10.1 Å². The van der Waals surface area contributed by atoms with Gasteiger partial charge in [-0.1, -0.05) is 5.16 Å². The Kier molecular flexibility index (Phi) is 4.32. The van der Waals surface area contributed by atoms with Crippen LogP contribution < -0.4 is 10.5 Å². The van der Waals surface area contributed by atoms with Crippen molar-refractivity contribution in [1.29, 1.82) is 0 Å². The zero-order valence-corrected chi connectivity index (χ0v) is 11.0. The van der Waals surface area contributed by atoms with Gasteiger partial charge < -0.3 is 19.7 Å². The number of alkyl halides is 3. The Morgan fingerprint density at radius 1 is 1.33 bits per heavy atom. The first kappa shape index (κ1) is 15.1. The zero-order valence-electron chi connectivity index (χ0n) is 11.0. The van der Waals surface area contributed by atoms with Crippen molar-refractivity contribution < 1.29 is 27.2 Å². The molecular formula is C12H12F3N3O3. The van der Waals surface area contributed by atoms with Gasteiger partial charge in [0.05, 0.1) is 12.7 Å². The maximum atomic E-state index is 11.9. The standard InChI is InChI=1S/C12H12F3N3O3/c1-19-9-4-7(16)2-3-8(9)11-17-10(18-21-11)5-20-6-12(13,14)15/h2-4H,5-6,16H2,1H3. The lowest BCUT2D eigenvalue weighted by Gasteiger charge is -2.05. The Hall–Kier alpha value is -2.29.